The fraction of sp³-hybridized carbons (Fsp3) is 0.547. The average Bonchev–Trinajstić information content (AvgIpc) is 3.36. The molecule has 0 fully saturated rings. The Kier molecular flexibility index (Phi) is 52.6. The molecule has 70 heavy (non-hydrogen) atoms. The molecule has 0 amide bonds. The average molecular weight is 963 g/mol. The normalized spacial score (nSPS) is 13.4. The maximum Gasteiger partial charge on any atom is 0.306 e. The molecule has 0 aliphatic carbocycles. The molecule has 0 rings (SSSR count). The molecule has 0 heterocycles. The SMILES string of the molecule is CC/C=C\C/C=C\C/C=C\C/C=C\C/C=C\C/C=C\CCC(=O)OCC(COC(=O)CCCCC/C=C\C/C=C\C/C=C\C/C=C\CC)OC(=O)CCC/C=C\C/C=C\C/C=C\CCCCCCCC. The maximum atomic E-state index is 12.8. The van der Waals surface area contributed by atoms with Gasteiger partial charge in [-0.2, -0.15) is 0 Å². The van der Waals surface area contributed by atoms with Crippen LogP contribution in [0.15, 0.2) is 158 Å². The van der Waals surface area contributed by atoms with Gasteiger partial charge >= 0.3 is 17.9 Å². The summed E-state index contributed by atoms with van der Waals surface area (Å²) in [6.07, 6.45) is 82.5. The van der Waals surface area contributed by atoms with Crippen LogP contribution in [0.5, 0.6) is 0 Å². The van der Waals surface area contributed by atoms with Gasteiger partial charge in [-0.3, -0.25) is 14.4 Å². The highest BCUT2D eigenvalue weighted by molar-refractivity contribution is 5.71. The van der Waals surface area contributed by atoms with E-state index in [2.05, 4.69) is 167 Å². The van der Waals surface area contributed by atoms with Gasteiger partial charge in [-0.15, -0.1) is 0 Å². The second kappa shape index (κ2) is 56.6. The van der Waals surface area contributed by atoms with Crippen molar-refractivity contribution in [1.29, 1.82) is 0 Å². The fourth-order valence-corrected chi connectivity index (χ4v) is 6.71. The third-order valence-electron chi connectivity index (χ3n) is 10.8. The van der Waals surface area contributed by atoms with Crippen molar-refractivity contribution in [2.24, 2.45) is 0 Å². The largest absolute Gasteiger partial charge is 0.462 e. The van der Waals surface area contributed by atoms with Crippen molar-refractivity contribution in [1.82, 2.24) is 0 Å². The van der Waals surface area contributed by atoms with Crippen LogP contribution in [-0.2, 0) is 28.6 Å². The summed E-state index contributed by atoms with van der Waals surface area (Å²) in [6.45, 7) is 6.24. The molecule has 0 N–H and O–H groups in total. The van der Waals surface area contributed by atoms with Gasteiger partial charge in [0.25, 0.3) is 0 Å². The predicted molar refractivity (Wildman–Crippen MR) is 302 cm³/mol. The van der Waals surface area contributed by atoms with E-state index in [9.17, 15) is 14.4 Å². The number of allylic oxidation sites excluding steroid dienone is 26. The zero-order chi connectivity index (χ0) is 50.7. The number of carbonyl (C=O) groups is 3. The second-order valence-electron chi connectivity index (χ2n) is 17.4. The first-order valence-electron chi connectivity index (χ1n) is 27.5. The zero-order valence-corrected chi connectivity index (χ0v) is 44.5. The first-order valence-corrected chi connectivity index (χ1v) is 27.5. The van der Waals surface area contributed by atoms with Crippen molar-refractivity contribution in [3.05, 3.63) is 158 Å². The van der Waals surface area contributed by atoms with Crippen molar-refractivity contribution < 1.29 is 28.6 Å². The number of rotatable bonds is 47. The van der Waals surface area contributed by atoms with E-state index in [1.54, 1.807) is 0 Å². The molecule has 0 aliphatic rings. The number of hydrogen-bond acceptors (Lipinski definition) is 6. The monoisotopic (exact) mass is 963 g/mol. The molecule has 0 radical (unpaired) electrons. The van der Waals surface area contributed by atoms with E-state index in [0.717, 1.165) is 109 Å². The minimum Gasteiger partial charge on any atom is -0.462 e. The van der Waals surface area contributed by atoms with Gasteiger partial charge in [0.15, 0.2) is 6.10 Å². The number of ether oxygens (including phenoxy) is 3. The van der Waals surface area contributed by atoms with Gasteiger partial charge in [0.05, 0.1) is 0 Å². The Balaban J connectivity index is 4.67. The van der Waals surface area contributed by atoms with Gasteiger partial charge < -0.3 is 14.2 Å². The van der Waals surface area contributed by atoms with Crippen molar-refractivity contribution in [3.8, 4) is 0 Å². The molecule has 1 atom stereocenters. The minimum absolute atomic E-state index is 0.145. The van der Waals surface area contributed by atoms with Crippen molar-refractivity contribution in [3.63, 3.8) is 0 Å². The lowest BCUT2D eigenvalue weighted by atomic mass is 10.1. The lowest BCUT2D eigenvalue weighted by Crippen LogP contribution is -2.30. The van der Waals surface area contributed by atoms with Crippen molar-refractivity contribution in [2.75, 3.05) is 13.2 Å². The molecule has 0 aromatic heterocycles. The van der Waals surface area contributed by atoms with E-state index in [-0.39, 0.29) is 44.4 Å². The standard InChI is InChI=1S/C64H98O6/c1-4-7-10-13-16-19-22-25-28-31-32-34-36-39-42-45-48-51-54-57-63(66)69-60-61(59-68-62(65)56-53-50-47-44-41-38-35-30-27-24-21-18-15-12-9-6-3)70-64(67)58-55-52-49-46-43-40-37-33-29-26-23-20-17-14-11-8-5-2/h7,9-10,12,16,18-19,21,25-30,32,34,37-42,46,48-49,51,61H,4-6,8,11,13-15,17,20,22-24,31,33,35-36,43-45,47,50,52-60H2,1-3H3/b10-7-,12-9-,19-16-,21-18-,28-25-,29-26-,30-27-,34-32-,40-37-,41-38-,42-39-,49-46-,51-48-. The molecule has 0 saturated heterocycles. The van der Waals surface area contributed by atoms with E-state index in [4.69, 9.17) is 14.2 Å². The molecular weight excluding hydrogens is 865 g/mol. The lowest BCUT2D eigenvalue weighted by molar-refractivity contribution is -0.166. The van der Waals surface area contributed by atoms with Gasteiger partial charge in [-0.05, 0) is 128 Å². The first kappa shape index (κ1) is 65.0. The van der Waals surface area contributed by atoms with Gasteiger partial charge in [-0.25, -0.2) is 0 Å². The number of hydrogen-bond donors (Lipinski definition) is 0. The van der Waals surface area contributed by atoms with Gasteiger partial charge in [0.2, 0.25) is 0 Å². The highest BCUT2D eigenvalue weighted by atomic mass is 16.6. The molecule has 0 aromatic carbocycles. The molecule has 0 bridgehead atoms. The van der Waals surface area contributed by atoms with Crippen LogP contribution < -0.4 is 0 Å². The Hall–Kier alpha value is -4.97. The summed E-state index contributed by atoms with van der Waals surface area (Å²) in [4.78, 5) is 38.1. The topological polar surface area (TPSA) is 78.9 Å². The van der Waals surface area contributed by atoms with E-state index in [1.807, 2.05) is 12.2 Å². The third kappa shape index (κ3) is 54.0. The fourth-order valence-electron chi connectivity index (χ4n) is 6.71. The Bertz CT molecular complexity index is 1620. The van der Waals surface area contributed by atoms with Crippen molar-refractivity contribution >= 4 is 17.9 Å². The summed E-state index contributed by atoms with van der Waals surface area (Å²) in [5.41, 5.74) is 0. The number of esters is 3. The minimum atomic E-state index is -0.857. The summed E-state index contributed by atoms with van der Waals surface area (Å²) in [5, 5.41) is 0. The lowest BCUT2D eigenvalue weighted by Gasteiger charge is -2.18. The molecule has 0 spiro atoms. The molecule has 0 aliphatic heterocycles. The zero-order valence-electron chi connectivity index (χ0n) is 44.5. The molecule has 0 saturated carbocycles. The van der Waals surface area contributed by atoms with Gasteiger partial charge in [0, 0.05) is 19.3 Å². The van der Waals surface area contributed by atoms with Crippen LogP contribution in [-0.4, -0.2) is 37.2 Å². The molecule has 6 heteroatoms. The summed E-state index contributed by atoms with van der Waals surface area (Å²) in [5.74, 6) is -1.12. The number of carbonyl (C=O) groups excluding carboxylic acids is 3. The Morgan fingerprint density at radius 3 is 1.00 bits per heavy atom. The summed E-state index contributed by atoms with van der Waals surface area (Å²) >= 11 is 0. The van der Waals surface area contributed by atoms with Crippen LogP contribution in [0.25, 0.3) is 0 Å². The molecule has 6 nitrogen and oxygen atoms in total. The van der Waals surface area contributed by atoms with Gasteiger partial charge in [0.1, 0.15) is 13.2 Å². The van der Waals surface area contributed by atoms with E-state index in [1.165, 1.54) is 44.9 Å². The summed E-state index contributed by atoms with van der Waals surface area (Å²) in [7, 11) is 0. The van der Waals surface area contributed by atoms with Crippen LogP contribution in [0, 0.1) is 0 Å². The van der Waals surface area contributed by atoms with Crippen LogP contribution in [0.2, 0.25) is 0 Å². The molecule has 390 valence electrons. The number of unbranched alkanes of at least 4 members (excludes halogenated alkanes) is 10. The quantitative estimate of drug-likeness (QED) is 0.0262. The highest BCUT2D eigenvalue weighted by Crippen LogP contribution is 2.10. The van der Waals surface area contributed by atoms with E-state index in [0.29, 0.717) is 12.8 Å². The van der Waals surface area contributed by atoms with E-state index < -0.39 is 12.1 Å². The Morgan fingerprint density at radius 2 is 0.600 bits per heavy atom. The van der Waals surface area contributed by atoms with Crippen LogP contribution >= 0.6 is 0 Å². The maximum absolute atomic E-state index is 12.8. The Labute approximate surface area is 429 Å². The predicted octanol–water partition coefficient (Wildman–Crippen LogP) is 18.6. The third-order valence-corrected chi connectivity index (χ3v) is 10.8. The van der Waals surface area contributed by atoms with Crippen LogP contribution in [0.1, 0.15) is 207 Å². The summed E-state index contributed by atoms with van der Waals surface area (Å²) < 4.78 is 16.7. The highest BCUT2D eigenvalue weighted by Gasteiger charge is 2.19. The first-order chi connectivity index (χ1) is 34.5. The van der Waals surface area contributed by atoms with Gasteiger partial charge in [-0.1, -0.05) is 217 Å². The molecular formula is C64H98O6. The molecule has 1 unspecified atom stereocenters. The van der Waals surface area contributed by atoms with E-state index >= 15 is 0 Å². The van der Waals surface area contributed by atoms with Crippen LogP contribution in [0.3, 0.4) is 0 Å². The van der Waals surface area contributed by atoms with Crippen LogP contribution in [0.4, 0.5) is 0 Å². The smallest absolute Gasteiger partial charge is 0.306 e. The Morgan fingerprint density at radius 1 is 0.300 bits per heavy atom. The second-order valence-corrected chi connectivity index (χ2v) is 17.4. The summed E-state index contributed by atoms with van der Waals surface area (Å²) in [6, 6.07) is 0. The molecule has 0 aromatic rings. The van der Waals surface area contributed by atoms with Crippen molar-refractivity contribution in [2.45, 2.75) is 213 Å².